The van der Waals surface area contributed by atoms with Gasteiger partial charge in [-0.1, -0.05) is 29.8 Å². The Bertz CT molecular complexity index is 1410. The van der Waals surface area contributed by atoms with E-state index in [2.05, 4.69) is 0 Å². The van der Waals surface area contributed by atoms with E-state index in [-0.39, 0.29) is 24.4 Å². The normalized spacial score (nSPS) is 14.2. The minimum atomic E-state index is -8.68. The van der Waals surface area contributed by atoms with Gasteiger partial charge in [-0.25, -0.2) is 9.86 Å². The summed E-state index contributed by atoms with van der Waals surface area (Å²) < 4.78 is 235. The highest BCUT2D eigenvalue weighted by molar-refractivity contribution is 5.89. The molecule has 2 rings (SSSR count). The van der Waals surface area contributed by atoms with Crippen molar-refractivity contribution in [1.82, 2.24) is 0 Å². The van der Waals surface area contributed by atoms with Crippen LogP contribution in [0.4, 0.5) is 80.3 Å². The molecule has 21 heteroatoms. The van der Waals surface area contributed by atoms with Gasteiger partial charge in [-0.05, 0) is 50.1 Å². The summed E-state index contributed by atoms with van der Waals surface area (Å²) in [5.74, 6) is -57.4. The molecule has 0 bridgehead atoms. The van der Waals surface area contributed by atoms with Crippen molar-refractivity contribution in [3.63, 3.8) is 0 Å². The van der Waals surface area contributed by atoms with Gasteiger partial charge in [0.25, 0.3) is 0 Å². The summed E-state index contributed by atoms with van der Waals surface area (Å²) in [6.07, 6.45) is -11.9. The van der Waals surface area contributed by atoms with Crippen LogP contribution in [0.2, 0.25) is 0 Å². The first kappa shape index (κ1) is 41.7. The molecule has 0 unspecified atom stereocenters. The molecule has 0 heterocycles. The van der Waals surface area contributed by atoms with Gasteiger partial charge in [-0.2, -0.15) is 74.6 Å². The first-order valence-corrected chi connectivity index (χ1v) is 13.5. The topological polar surface area (TPSA) is 38.8 Å². The van der Waals surface area contributed by atoms with Crippen LogP contribution < -0.4 is 5.06 Å². The number of aryl methyl sites for hydroxylation is 1. The third kappa shape index (κ3) is 7.64. The van der Waals surface area contributed by atoms with Gasteiger partial charge >= 0.3 is 53.6 Å². The number of anilines is 1. The van der Waals surface area contributed by atoms with E-state index in [4.69, 9.17) is 9.57 Å². The van der Waals surface area contributed by atoms with Crippen molar-refractivity contribution in [3.8, 4) is 0 Å². The number of hydrogen-bond acceptors (Lipinski definition) is 4. The molecule has 0 aliphatic rings. The summed E-state index contributed by atoms with van der Waals surface area (Å²) >= 11 is 0. The van der Waals surface area contributed by atoms with Crippen molar-refractivity contribution in [2.24, 2.45) is 0 Å². The maximum absolute atomic E-state index is 14.3. The maximum Gasteiger partial charge on any atom is 0.460 e. The zero-order chi connectivity index (χ0) is 38.1. The number of hydroxylamine groups is 1. The Kier molecular flexibility index (Phi) is 11.9. The lowest BCUT2D eigenvalue weighted by Crippen LogP contribution is -2.74. The van der Waals surface area contributed by atoms with Crippen LogP contribution in [0.1, 0.15) is 41.3 Å². The second-order valence-corrected chi connectivity index (χ2v) is 10.4. The Hall–Kier alpha value is -3.52. The fourth-order valence-corrected chi connectivity index (χ4v) is 3.87. The molecule has 0 spiro atoms. The summed E-state index contributed by atoms with van der Waals surface area (Å²) in [6.45, 7) is 1.88. The lowest BCUT2D eigenvalue weighted by atomic mass is 9.88. The second kappa shape index (κ2) is 14.0. The van der Waals surface area contributed by atoms with E-state index in [1.165, 1.54) is 31.2 Å². The van der Waals surface area contributed by atoms with E-state index in [0.717, 1.165) is 10.6 Å². The lowest BCUT2D eigenvalue weighted by molar-refractivity contribution is -0.461. The number of rotatable bonds is 16. The van der Waals surface area contributed by atoms with Crippen molar-refractivity contribution < 1.29 is 89.0 Å². The second-order valence-electron chi connectivity index (χ2n) is 10.4. The fraction of sp³-hybridized carbons (Fsp3) is 0.536. The molecule has 4 nitrogen and oxygen atoms in total. The largest absolute Gasteiger partial charge is 0.462 e. The predicted molar refractivity (Wildman–Crippen MR) is 136 cm³/mol. The van der Waals surface area contributed by atoms with Crippen molar-refractivity contribution in [1.29, 1.82) is 0 Å². The summed E-state index contributed by atoms with van der Waals surface area (Å²) in [5, 5.41) is 0.919. The Morgan fingerprint density at radius 1 is 0.633 bits per heavy atom. The summed E-state index contributed by atoms with van der Waals surface area (Å²) in [4.78, 5) is 17.1. The minimum absolute atomic E-state index is 0.0133. The first-order valence-electron chi connectivity index (χ1n) is 13.5. The zero-order valence-electron chi connectivity index (χ0n) is 24.8. The average Bonchev–Trinajstić information content (AvgIpc) is 2.98. The van der Waals surface area contributed by atoms with Gasteiger partial charge in [0.2, 0.25) is 0 Å². The Labute approximate surface area is 265 Å². The van der Waals surface area contributed by atoms with Crippen LogP contribution in [-0.2, 0) is 16.1 Å². The third-order valence-corrected chi connectivity index (χ3v) is 6.78. The number of carbonyl (C=O) groups excluding carboxylic acids is 1. The number of hydrogen-bond donors (Lipinski definition) is 0. The van der Waals surface area contributed by atoms with Crippen LogP contribution >= 0.6 is 0 Å². The first-order chi connectivity index (χ1) is 22.0. The number of benzene rings is 2. The van der Waals surface area contributed by atoms with Gasteiger partial charge in [-0.15, -0.1) is 0 Å². The molecule has 0 aliphatic heterocycles. The van der Waals surface area contributed by atoms with E-state index < -0.39 is 73.1 Å². The predicted octanol–water partition coefficient (Wildman–Crippen LogP) is 9.90. The fourth-order valence-electron chi connectivity index (χ4n) is 3.87. The van der Waals surface area contributed by atoms with E-state index in [9.17, 15) is 79.4 Å². The molecule has 0 N–H and O–H groups in total. The molecule has 2 aromatic carbocycles. The van der Waals surface area contributed by atoms with Gasteiger partial charge in [0, 0.05) is 6.42 Å². The van der Waals surface area contributed by atoms with Crippen LogP contribution in [-0.4, -0.2) is 66.8 Å². The molecule has 0 saturated carbocycles. The van der Waals surface area contributed by atoms with Crippen molar-refractivity contribution in [2.75, 3.05) is 18.3 Å². The average molecular weight is 745 g/mol. The van der Waals surface area contributed by atoms with E-state index in [0.29, 0.717) is 5.56 Å². The molecule has 0 aromatic heterocycles. The number of alkyl halides is 17. The van der Waals surface area contributed by atoms with Crippen LogP contribution in [0, 0.1) is 6.92 Å². The molecule has 0 fully saturated rings. The summed E-state index contributed by atoms with van der Waals surface area (Å²) in [7, 11) is 0. The minimum Gasteiger partial charge on any atom is -0.462 e. The van der Waals surface area contributed by atoms with Gasteiger partial charge in [0.1, 0.15) is 0 Å². The van der Waals surface area contributed by atoms with E-state index >= 15 is 0 Å². The standard InChI is InChI=1S/C28H24F17NO3/c1-3-48-20(47)18-9-11-19(12-10-18)46(15-17-7-5-16(2)6-8-17)49-14-4-13-21(29,30)22(31,32)23(33,34)24(35,36)25(37,38)26(39,40)27(41,42)28(43,44)45/h5-12H,3-4,13-15H2,1-2H3. The monoisotopic (exact) mass is 745 g/mol. The van der Waals surface area contributed by atoms with Crippen molar-refractivity contribution in [3.05, 3.63) is 65.2 Å². The van der Waals surface area contributed by atoms with Crippen LogP contribution in [0.5, 0.6) is 0 Å². The quantitative estimate of drug-likeness (QED) is 0.0743. The highest BCUT2D eigenvalue weighted by Gasteiger charge is 2.95. The number of halogens is 17. The Morgan fingerprint density at radius 3 is 1.53 bits per heavy atom. The third-order valence-electron chi connectivity index (χ3n) is 6.78. The van der Waals surface area contributed by atoms with Crippen molar-refractivity contribution in [2.45, 2.75) is 80.9 Å². The molecule has 0 amide bonds. The Balaban J connectivity index is 2.31. The molecule has 0 atom stereocenters. The smallest absolute Gasteiger partial charge is 0.460 e. The maximum atomic E-state index is 14.3. The molecule has 0 radical (unpaired) electrons. The Morgan fingerprint density at radius 2 is 1.08 bits per heavy atom. The summed E-state index contributed by atoms with van der Waals surface area (Å²) in [6, 6.07) is 11.3. The molecule has 0 aliphatic carbocycles. The highest BCUT2D eigenvalue weighted by Crippen LogP contribution is 2.64. The van der Waals surface area contributed by atoms with Crippen LogP contribution in [0.15, 0.2) is 48.5 Å². The molecular weight excluding hydrogens is 721 g/mol. The van der Waals surface area contributed by atoms with Gasteiger partial charge in [0.05, 0.1) is 31.0 Å². The van der Waals surface area contributed by atoms with E-state index in [1.807, 2.05) is 0 Å². The zero-order valence-corrected chi connectivity index (χ0v) is 24.8. The van der Waals surface area contributed by atoms with Gasteiger partial charge in [0.15, 0.2) is 0 Å². The number of carbonyl (C=O) groups is 1. The highest BCUT2D eigenvalue weighted by atomic mass is 19.4. The van der Waals surface area contributed by atoms with E-state index in [1.54, 1.807) is 31.2 Å². The molecule has 49 heavy (non-hydrogen) atoms. The number of esters is 1. The molecule has 2 aromatic rings. The van der Waals surface area contributed by atoms with Crippen LogP contribution in [0.25, 0.3) is 0 Å². The van der Waals surface area contributed by atoms with Crippen LogP contribution in [0.3, 0.4) is 0 Å². The SMILES string of the molecule is CCOC(=O)c1ccc(N(Cc2ccc(C)cc2)OCCCC(F)(F)C(F)(F)C(F)(F)C(F)(F)C(F)(F)C(F)(F)C(F)(F)C(F)(F)F)cc1. The molecule has 0 saturated heterocycles. The van der Waals surface area contributed by atoms with Gasteiger partial charge < -0.3 is 4.74 Å². The number of ether oxygens (including phenoxy) is 1. The lowest BCUT2D eigenvalue weighted by Gasteiger charge is -2.42. The molecular formula is C28H24F17NO3. The van der Waals surface area contributed by atoms with Crippen molar-refractivity contribution >= 4 is 11.7 Å². The van der Waals surface area contributed by atoms with Gasteiger partial charge in [-0.3, -0.25) is 4.84 Å². The summed E-state index contributed by atoms with van der Waals surface area (Å²) in [5.41, 5.74) is 1.35. The molecule has 278 valence electrons. The number of nitrogens with zero attached hydrogens (tertiary/aromatic N) is 1.